The summed E-state index contributed by atoms with van der Waals surface area (Å²) in [6.07, 6.45) is 3.25. The topological polar surface area (TPSA) is 59.4 Å². The molecule has 120 valence electrons. The van der Waals surface area contributed by atoms with E-state index in [-0.39, 0.29) is 10.3 Å². The van der Waals surface area contributed by atoms with E-state index in [1.54, 1.807) is 30.5 Å². The van der Waals surface area contributed by atoms with E-state index in [1.807, 2.05) is 30.3 Å². The Morgan fingerprint density at radius 2 is 2.08 bits per heavy atom. The zero-order valence-corrected chi connectivity index (χ0v) is 13.6. The average molecular weight is 337 g/mol. The molecule has 3 rings (SSSR count). The van der Waals surface area contributed by atoms with Crippen molar-refractivity contribution in [3.63, 3.8) is 0 Å². The Morgan fingerprint density at radius 1 is 1.25 bits per heavy atom. The Hall–Kier alpha value is -2.99. The van der Waals surface area contributed by atoms with Crippen LogP contribution < -0.4 is 10.3 Å². The second kappa shape index (κ2) is 7.06. The Morgan fingerprint density at radius 3 is 2.92 bits per heavy atom. The minimum absolute atomic E-state index is 0.244. The van der Waals surface area contributed by atoms with Crippen molar-refractivity contribution in [1.29, 1.82) is 0 Å². The van der Waals surface area contributed by atoms with Gasteiger partial charge in [0.25, 0.3) is 5.56 Å². The van der Waals surface area contributed by atoms with Gasteiger partial charge in [0.05, 0.1) is 17.1 Å². The molecule has 1 aromatic heterocycles. The van der Waals surface area contributed by atoms with E-state index in [9.17, 15) is 4.79 Å². The number of nitrogens with one attached hydrogen (secondary N) is 1. The van der Waals surface area contributed by atoms with Crippen molar-refractivity contribution >= 4 is 29.3 Å². The number of H-pyrrole nitrogens is 1. The molecule has 0 saturated carbocycles. The van der Waals surface area contributed by atoms with E-state index in [1.165, 1.54) is 4.68 Å². The van der Waals surface area contributed by atoms with Crippen LogP contribution in [0.3, 0.4) is 0 Å². The molecule has 2 aromatic carbocycles. The molecule has 0 atom stereocenters. The predicted molar refractivity (Wildman–Crippen MR) is 98.5 cm³/mol. The van der Waals surface area contributed by atoms with E-state index >= 15 is 0 Å². The van der Waals surface area contributed by atoms with E-state index < -0.39 is 0 Å². The van der Waals surface area contributed by atoms with Crippen LogP contribution in [-0.4, -0.2) is 22.5 Å². The lowest BCUT2D eigenvalue weighted by atomic mass is 10.2. The highest BCUT2D eigenvalue weighted by Gasteiger charge is 2.03. The molecule has 0 radical (unpaired) electrons. The fraction of sp³-hybridized carbons (Fsp3) is 0.0556. The summed E-state index contributed by atoms with van der Waals surface area (Å²) in [6, 6.07) is 14.6. The number of nitrogens with zero attached hydrogens (tertiary/aromatic N) is 2. The number of aromatic nitrogens is 2. The van der Waals surface area contributed by atoms with Crippen LogP contribution in [-0.2, 0) is 0 Å². The molecule has 5 nitrogen and oxygen atoms in total. The van der Waals surface area contributed by atoms with Crippen LogP contribution in [0.15, 0.2) is 71.1 Å². The van der Waals surface area contributed by atoms with Crippen LogP contribution in [0.25, 0.3) is 10.9 Å². The molecule has 24 heavy (non-hydrogen) atoms. The van der Waals surface area contributed by atoms with Crippen molar-refractivity contribution in [1.82, 2.24) is 9.66 Å². The van der Waals surface area contributed by atoms with Crippen LogP contribution in [0.2, 0.25) is 0 Å². The highest BCUT2D eigenvalue weighted by Crippen LogP contribution is 2.12. The van der Waals surface area contributed by atoms with Gasteiger partial charge in [0, 0.05) is 0 Å². The molecule has 0 fully saturated rings. The summed E-state index contributed by atoms with van der Waals surface area (Å²) in [7, 11) is 0. The van der Waals surface area contributed by atoms with Crippen LogP contribution in [0, 0.1) is 4.77 Å². The van der Waals surface area contributed by atoms with Crippen molar-refractivity contribution in [3.8, 4) is 5.75 Å². The molecule has 0 aliphatic carbocycles. The highest BCUT2D eigenvalue weighted by molar-refractivity contribution is 7.71. The van der Waals surface area contributed by atoms with E-state index in [0.717, 1.165) is 5.56 Å². The van der Waals surface area contributed by atoms with Gasteiger partial charge in [-0.2, -0.15) is 9.78 Å². The maximum atomic E-state index is 12.5. The second-order valence-electron chi connectivity index (χ2n) is 5.01. The molecule has 1 heterocycles. The number of ether oxygens (including phenoxy) is 1. The molecule has 0 amide bonds. The average Bonchev–Trinajstić information content (AvgIpc) is 2.60. The third-order valence-electron chi connectivity index (χ3n) is 3.33. The van der Waals surface area contributed by atoms with E-state index in [2.05, 4.69) is 16.7 Å². The normalized spacial score (nSPS) is 11.0. The van der Waals surface area contributed by atoms with Gasteiger partial charge in [0.1, 0.15) is 12.4 Å². The van der Waals surface area contributed by atoms with Gasteiger partial charge in [0.15, 0.2) is 0 Å². The molecular weight excluding hydrogens is 322 g/mol. The van der Waals surface area contributed by atoms with Crippen molar-refractivity contribution in [2.45, 2.75) is 0 Å². The first-order chi connectivity index (χ1) is 11.7. The summed E-state index contributed by atoms with van der Waals surface area (Å²) in [5.41, 5.74) is 1.23. The molecule has 0 aliphatic heterocycles. The van der Waals surface area contributed by atoms with Gasteiger partial charge in [-0.3, -0.25) is 4.79 Å². The fourth-order valence-corrected chi connectivity index (χ4v) is 2.46. The monoisotopic (exact) mass is 337 g/mol. The Balaban J connectivity index is 1.98. The maximum Gasteiger partial charge on any atom is 0.282 e. The van der Waals surface area contributed by atoms with Crippen LogP contribution >= 0.6 is 12.2 Å². The van der Waals surface area contributed by atoms with Gasteiger partial charge in [-0.05, 0) is 42.0 Å². The zero-order valence-electron chi connectivity index (χ0n) is 12.8. The third kappa shape index (κ3) is 3.33. The summed E-state index contributed by atoms with van der Waals surface area (Å²) in [6.45, 7) is 4.04. The number of benzene rings is 2. The van der Waals surface area contributed by atoms with Crippen molar-refractivity contribution in [2.75, 3.05) is 6.61 Å². The maximum absolute atomic E-state index is 12.5. The van der Waals surface area contributed by atoms with E-state index in [4.69, 9.17) is 17.0 Å². The largest absolute Gasteiger partial charge is 0.490 e. The van der Waals surface area contributed by atoms with Gasteiger partial charge in [0.2, 0.25) is 4.77 Å². The number of para-hydroxylation sites is 1. The molecule has 0 aliphatic rings. The van der Waals surface area contributed by atoms with Crippen molar-refractivity contribution in [2.24, 2.45) is 5.10 Å². The molecular formula is C18H15N3O2S. The van der Waals surface area contributed by atoms with Gasteiger partial charge in [-0.25, -0.2) is 0 Å². The molecule has 0 saturated heterocycles. The number of fused-ring (bicyclic) bond motifs is 1. The molecule has 0 unspecified atom stereocenters. The van der Waals surface area contributed by atoms with Gasteiger partial charge < -0.3 is 9.72 Å². The lowest BCUT2D eigenvalue weighted by molar-refractivity contribution is 0.363. The minimum atomic E-state index is -0.260. The minimum Gasteiger partial charge on any atom is -0.490 e. The zero-order chi connectivity index (χ0) is 16.9. The summed E-state index contributed by atoms with van der Waals surface area (Å²) in [5.74, 6) is 0.704. The first kappa shape index (κ1) is 15.9. The predicted octanol–water partition coefficient (Wildman–Crippen LogP) is 3.51. The van der Waals surface area contributed by atoms with Gasteiger partial charge >= 0.3 is 0 Å². The summed E-state index contributed by atoms with van der Waals surface area (Å²) < 4.78 is 6.90. The van der Waals surface area contributed by atoms with Crippen LogP contribution in [0.1, 0.15) is 5.56 Å². The standard InChI is InChI=1S/C18H15N3O2S/c1-2-10-23-14-7-5-6-13(11-14)12-19-21-17(22)15-8-3-4-9-16(15)20-18(21)24/h2-9,11-12H,1,10H2,(H,20,24)/b19-12-. The molecule has 0 bridgehead atoms. The van der Waals surface area contributed by atoms with Gasteiger partial charge in [-0.15, -0.1) is 0 Å². The Labute approximate surface area is 143 Å². The number of rotatable bonds is 5. The smallest absolute Gasteiger partial charge is 0.282 e. The number of hydrogen-bond acceptors (Lipinski definition) is 4. The Bertz CT molecular complexity index is 1030. The molecule has 6 heteroatoms. The first-order valence-electron chi connectivity index (χ1n) is 7.31. The second-order valence-corrected chi connectivity index (χ2v) is 5.40. The first-order valence-corrected chi connectivity index (χ1v) is 7.72. The molecule has 3 aromatic rings. The molecule has 1 N–H and O–H groups in total. The quantitative estimate of drug-likeness (QED) is 0.440. The van der Waals surface area contributed by atoms with Crippen molar-refractivity contribution < 1.29 is 4.74 Å². The SMILES string of the molecule is C=CCOc1cccc(/C=N\n2c(=S)[nH]c3ccccc3c2=O)c1. The summed E-state index contributed by atoms with van der Waals surface area (Å²) in [4.78, 5) is 15.5. The molecule has 0 spiro atoms. The van der Waals surface area contributed by atoms with Crippen LogP contribution in [0.5, 0.6) is 5.75 Å². The lowest BCUT2D eigenvalue weighted by Crippen LogP contribution is -2.18. The van der Waals surface area contributed by atoms with Crippen LogP contribution in [0.4, 0.5) is 0 Å². The van der Waals surface area contributed by atoms with Gasteiger partial charge in [-0.1, -0.05) is 36.9 Å². The summed E-state index contributed by atoms with van der Waals surface area (Å²) in [5, 5.41) is 4.75. The Kier molecular flexibility index (Phi) is 4.67. The number of hydrogen-bond donors (Lipinski definition) is 1. The summed E-state index contributed by atoms with van der Waals surface area (Å²) >= 11 is 5.22. The third-order valence-corrected chi connectivity index (χ3v) is 3.61. The highest BCUT2D eigenvalue weighted by atomic mass is 32.1. The number of aromatic amines is 1. The lowest BCUT2D eigenvalue weighted by Gasteiger charge is -2.04. The fourth-order valence-electron chi connectivity index (χ4n) is 2.22. The van der Waals surface area contributed by atoms with Crippen molar-refractivity contribution in [3.05, 3.63) is 81.9 Å². The van der Waals surface area contributed by atoms with E-state index in [0.29, 0.717) is 23.3 Å².